The van der Waals surface area contributed by atoms with E-state index in [2.05, 4.69) is 15.4 Å². The Morgan fingerprint density at radius 1 is 0.968 bits per heavy atom. The molecule has 1 saturated heterocycles. The van der Waals surface area contributed by atoms with Gasteiger partial charge in [-0.05, 0) is 56.2 Å². The number of anilines is 2. The number of nitrogens with two attached hydrogens (primary N) is 1. The van der Waals surface area contributed by atoms with Crippen LogP contribution in [0, 0.1) is 6.92 Å². The molecule has 1 aliphatic rings. The van der Waals surface area contributed by atoms with Gasteiger partial charge in [-0.2, -0.15) is 0 Å². The number of halogens is 3. The number of carbonyl (C=O) groups is 2. The molecule has 0 radical (unpaired) electrons. The van der Waals surface area contributed by atoms with Crippen molar-refractivity contribution in [3.05, 3.63) is 54.1 Å². The number of alkyl halides is 3. The number of piperidine rings is 1. The summed E-state index contributed by atoms with van der Waals surface area (Å²) in [5, 5.41) is 5.42. The summed E-state index contributed by atoms with van der Waals surface area (Å²) in [6, 6.07) is 11.8. The number of ether oxygens (including phenoxy) is 1. The maximum Gasteiger partial charge on any atom is 0.573 e. The zero-order chi connectivity index (χ0) is 22.6. The highest BCUT2D eigenvalue weighted by molar-refractivity contribution is 5.98. The molecule has 31 heavy (non-hydrogen) atoms. The van der Waals surface area contributed by atoms with Gasteiger partial charge in [0.05, 0.1) is 5.54 Å². The maximum absolute atomic E-state index is 12.6. The van der Waals surface area contributed by atoms with Crippen LogP contribution in [0.5, 0.6) is 5.75 Å². The molecule has 1 aliphatic heterocycles. The smallest absolute Gasteiger partial charge is 0.406 e. The molecule has 4 N–H and O–H groups in total. The van der Waals surface area contributed by atoms with Crippen LogP contribution in [0.1, 0.15) is 18.4 Å². The fraction of sp³-hybridized carbons (Fsp3) is 0.333. The largest absolute Gasteiger partial charge is 0.573 e. The number of nitrogens with one attached hydrogen (secondary N) is 2. The Morgan fingerprint density at radius 2 is 1.48 bits per heavy atom. The van der Waals surface area contributed by atoms with Crippen molar-refractivity contribution in [2.75, 3.05) is 23.7 Å². The van der Waals surface area contributed by atoms with Crippen molar-refractivity contribution in [1.82, 2.24) is 4.90 Å². The van der Waals surface area contributed by atoms with E-state index in [-0.39, 0.29) is 37.6 Å². The first-order valence-electron chi connectivity index (χ1n) is 9.63. The fourth-order valence-corrected chi connectivity index (χ4v) is 3.17. The number of carbonyl (C=O) groups excluding carboxylic acids is 2. The molecule has 2 aromatic rings. The summed E-state index contributed by atoms with van der Waals surface area (Å²) in [4.78, 5) is 26.6. The summed E-state index contributed by atoms with van der Waals surface area (Å²) in [5.41, 5.74) is 7.23. The van der Waals surface area contributed by atoms with Crippen molar-refractivity contribution >= 4 is 23.3 Å². The minimum atomic E-state index is -4.78. The number of rotatable bonds is 4. The van der Waals surface area contributed by atoms with Gasteiger partial charge in [-0.25, -0.2) is 4.79 Å². The van der Waals surface area contributed by atoms with E-state index in [0.717, 1.165) is 17.7 Å². The van der Waals surface area contributed by atoms with Gasteiger partial charge in [0.25, 0.3) is 0 Å². The molecule has 0 unspecified atom stereocenters. The number of nitrogens with zero attached hydrogens (tertiary/aromatic N) is 1. The summed E-state index contributed by atoms with van der Waals surface area (Å²) in [5.74, 6) is -0.687. The molecule has 3 amide bonds. The van der Waals surface area contributed by atoms with E-state index < -0.39 is 17.9 Å². The molecule has 0 saturated carbocycles. The number of hydrogen-bond acceptors (Lipinski definition) is 4. The van der Waals surface area contributed by atoms with Crippen LogP contribution in [0.15, 0.2) is 48.5 Å². The van der Waals surface area contributed by atoms with Crippen LogP contribution in [0.3, 0.4) is 0 Å². The summed E-state index contributed by atoms with van der Waals surface area (Å²) in [6.45, 7) is 2.47. The minimum absolute atomic E-state index is 0.263. The first-order chi connectivity index (χ1) is 14.5. The highest BCUT2D eigenvalue weighted by atomic mass is 19.4. The molecule has 0 bridgehead atoms. The van der Waals surface area contributed by atoms with Crippen molar-refractivity contribution in [2.45, 2.75) is 31.7 Å². The lowest BCUT2D eigenvalue weighted by Gasteiger charge is -2.37. The van der Waals surface area contributed by atoms with E-state index in [1.807, 2.05) is 19.1 Å². The van der Waals surface area contributed by atoms with Gasteiger partial charge in [-0.1, -0.05) is 17.7 Å². The van der Waals surface area contributed by atoms with Gasteiger partial charge in [0.2, 0.25) is 5.91 Å². The first kappa shape index (κ1) is 22.4. The predicted molar refractivity (Wildman–Crippen MR) is 110 cm³/mol. The molecule has 3 rings (SSSR count). The van der Waals surface area contributed by atoms with Crippen LogP contribution in [0.2, 0.25) is 0 Å². The van der Waals surface area contributed by atoms with E-state index in [1.165, 1.54) is 17.0 Å². The third-order valence-corrected chi connectivity index (χ3v) is 5.04. The Balaban J connectivity index is 1.51. The quantitative estimate of drug-likeness (QED) is 0.678. The second-order valence-electron chi connectivity index (χ2n) is 7.47. The van der Waals surface area contributed by atoms with Crippen molar-refractivity contribution in [1.29, 1.82) is 0 Å². The number of amides is 3. The normalized spacial score (nSPS) is 15.8. The Bertz CT molecular complexity index is 922. The molecular weight excluding hydrogens is 413 g/mol. The standard InChI is InChI=1S/C21H23F3N4O3/c1-14-2-4-15(5-3-14)26-18(29)20(25)10-12-28(13-11-20)19(30)27-16-6-8-17(9-7-16)31-21(22,23)24/h2-9H,10-13,25H2,1H3,(H,26,29)(H,27,30). The molecular formula is C21H23F3N4O3. The Labute approximate surface area is 177 Å². The summed E-state index contributed by atoms with van der Waals surface area (Å²) < 4.78 is 40.4. The maximum atomic E-state index is 12.6. The van der Waals surface area contributed by atoms with E-state index >= 15 is 0 Å². The van der Waals surface area contributed by atoms with Gasteiger partial charge in [0.15, 0.2) is 0 Å². The SMILES string of the molecule is Cc1ccc(NC(=O)C2(N)CCN(C(=O)Nc3ccc(OC(F)(F)F)cc3)CC2)cc1. The highest BCUT2D eigenvalue weighted by Gasteiger charge is 2.39. The zero-order valence-electron chi connectivity index (χ0n) is 16.8. The van der Waals surface area contributed by atoms with Gasteiger partial charge in [-0.3, -0.25) is 4.79 Å². The van der Waals surface area contributed by atoms with Crippen LogP contribution in [0.25, 0.3) is 0 Å². The lowest BCUT2D eigenvalue weighted by molar-refractivity contribution is -0.274. The van der Waals surface area contributed by atoms with Gasteiger partial charge in [0.1, 0.15) is 5.75 Å². The molecule has 0 spiro atoms. The monoisotopic (exact) mass is 436 g/mol. The molecule has 7 nitrogen and oxygen atoms in total. The van der Waals surface area contributed by atoms with Gasteiger partial charge >= 0.3 is 12.4 Å². The van der Waals surface area contributed by atoms with Gasteiger partial charge in [0, 0.05) is 24.5 Å². The Hall–Kier alpha value is -3.27. The molecule has 1 heterocycles. The van der Waals surface area contributed by atoms with Crippen LogP contribution in [-0.2, 0) is 4.79 Å². The number of aryl methyl sites for hydroxylation is 1. The first-order valence-corrected chi connectivity index (χ1v) is 9.63. The molecule has 0 atom stereocenters. The molecule has 10 heteroatoms. The van der Waals surface area contributed by atoms with Crippen molar-refractivity contribution < 1.29 is 27.5 Å². The Morgan fingerprint density at radius 3 is 2.03 bits per heavy atom. The summed E-state index contributed by atoms with van der Waals surface area (Å²) >= 11 is 0. The fourth-order valence-electron chi connectivity index (χ4n) is 3.17. The third kappa shape index (κ3) is 6.11. The summed E-state index contributed by atoms with van der Waals surface area (Å²) in [6.07, 6.45) is -4.23. The molecule has 0 aliphatic carbocycles. The van der Waals surface area contributed by atoms with Gasteiger partial charge in [-0.15, -0.1) is 13.2 Å². The van der Waals surface area contributed by atoms with E-state index in [9.17, 15) is 22.8 Å². The van der Waals surface area contributed by atoms with E-state index in [0.29, 0.717) is 11.4 Å². The number of benzene rings is 2. The Kier molecular flexibility index (Phi) is 6.40. The van der Waals surface area contributed by atoms with Crippen molar-refractivity contribution in [2.24, 2.45) is 5.73 Å². The predicted octanol–water partition coefficient (Wildman–Crippen LogP) is 3.86. The van der Waals surface area contributed by atoms with Crippen LogP contribution in [-0.4, -0.2) is 41.8 Å². The van der Waals surface area contributed by atoms with Crippen molar-refractivity contribution in [3.8, 4) is 5.75 Å². The second-order valence-corrected chi connectivity index (χ2v) is 7.47. The second kappa shape index (κ2) is 8.84. The molecule has 2 aromatic carbocycles. The average Bonchev–Trinajstić information content (AvgIpc) is 2.70. The van der Waals surface area contributed by atoms with Gasteiger partial charge < -0.3 is 26.0 Å². The number of hydrogen-bond donors (Lipinski definition) is 3. The minimum Gasteiger partial charge on any atom is -0.406 e. The lowest BCUT2D eigenvalue weighted by atomic mass is 9.87. The van der Waals surface area contributed by atoms with E-state index in [1.54, 1.807) is 12.1 Å². The van der Waals surface area contributed by atoms with Crippen LogP contribution in [0.4, 0.5) is 29.3 Å². The number of urea groups is 1. The van der Waals surface area contributed by atoms with Crippen LogP contribution < -0.4 is 21.1 Å². The topological polar surface area (TPSA) is 96.7 Å². The van der Waals surface area contributed by atoms with Crippen molar-refractivity contribution in [3.63, 3.8) is 0 Å². The third-order valence-electron chi connectivity index (χ3n) is 5.04. The molecule has 0 aromatic heterocycles. The lowest BCUT2D eigenvalue weighted by Crippen LogP contribution is -2.58. The summed E-state index contributed by atoms with van der Waals surface area (Å²) in [7, 11) is 0. The average molecular weight is 436 g/mol. The highest BCUT2D eigenvalue weighted by Crippen LogP contribution is 2.25. The molecule has 1 fully saturated rings. The zero-order valence-corrected chi connectivity index (χ0v) is 16.8. The molecule has 166 valence electrons. The number of likely N-dealkylation sites (tertiary alicyclic amines) is 1. The van der Waals surface area contributed by atoms with Crippen LogP contribution >= 0.6 is 0 Å². The van der Waals surface area contributed by atoms with E-state index in [4.69, 9.17) is 5.73 Å².